The number of sulfonamides is 1. The number of nitrogens with one attached hydrogen (secondary N) is 1. The summed E-state index contributed by atoms with van der Waals surface area (Å²) in [6, 6.07) is 18.7. The molecule has 1 aliphatic heterocycles. The number of nitrogens with zero attached hydrogens (tertiary/aromatic N) is 6. The molecule has 3 N–H and O–H groups in total. The Labute approximate surface area is 225 Å². The first kappa shape index (κ1) is 26.3. The third kappa shape index (κ3) is 5.47. The van der Waals surface area contributed by atoms with Gasteiger partial charge in [-0.3, -0.25) is 0 Å². The summed E-state index contributed by atoms with van der Waals surface area (Å²) >= 11 is 5.61. The van der Waals surface area contributed by atoms with Crippen molar-refractivity contribution in [1.82, 2.24) is 25.6 Å². The number of guanidine groups is 1. The van der Waals surface area contributed by atoms with E-state index in [0.29, 0.717) is 23.2 Å². The number of alkyl halides is 3. The first-order valence-corrected chi connectivity index (χ1v) is 13.1. The van der Waals surface area contributed by atoms with Crippen LogP contribution in [-0.4, -0.2) is 52.3 Å². The zero-order valence-electron chi connectivity index (χ0n) is 19.7. The lowest BCUT2D eigenvalue weighted by molar-refractivity contribution is -0.137. The maximum absolute atomic E-state index is 13.3. The highest BCUT2D eigenvalue weighted by Gasteiger charge is 2.35. The predicted octanol–water partition coefficient (Wildman–Crippen LogP) is 4.05. The van der Waals surface area contributed by atoms with Crippen LogP contribution in [0, 0.1) is 0 Å². The van der Waals surface area contributed by atoms with Crippen molar-refractivity contribution in [2.24, 2.45) is 15.2 Å². The first-order valence-electron chi connectivity index (χ1n) is 11.3. The predicted molar refractivity (Wildman–Crippen MR) is 137 cm³/mol. The number of rotatable bonds is 5. The summed E-state index contributed by atoms with van der Waals surface area (Å²) < 4.78 is 69.1. The molecule has 1 unspecified atom stereocenters. The molecule has 200 valence electrons. The molecule has 0 spiro atoms. The average molecular weight is 575 g/mol. The molecule has 0 aliphatic carbocycles. The number of hydrazone groups is 1. The van der Waals surface area contributed by atoms with E-state index in [4.69, 9.17) is 17.3 Å². The number of H-pyrrole nitrogens is 1. The fourth-order valence-electron chi connectivity index (χ4n) is 4.03. The van der Waals surface area contributed by atoms with Crippen molar-refractivity contribution in [3.8, 4) is 11.4 Å². The Kier molecular flexibility index (Phi) is 6.82. The van der Waals surface area contributed by atoms with Gasteiger partial charge in [0.05, 0.1) is 27.7 Å². The molecule has 3 aromatic carbocycles. The number of hydrogen-bond acceptors (Lipinski definition) is 6. The van der Waals surface area contributed by atoms with Gasteiger partial charge in [-0.25, -0.2) is 5.01 Å². The molecule has 0 amide bonds. The summed E-state index contributed by atoms with van der Waals surface area (Å²) in [5.41, 5.74) is 7.66. The summed E-state index contributed by atoms with van der Waals surface area (Å²) in [7, 11) is -4.62. The van der Waals surface area contributed by atoms with Gasteiger partial charge in [0.1, 0.15) is 0 Å². The Bertz CT molecular complexity index is 1660. The molecule has 0 saturated heterocycles. The second-order valence-electron chi connectivity index (χ2n) is 8.41. The van der Waals surface area contributed by atoms with Crippen molar-refractivity contribution in [1.29, 1.82) is 0 Å². The summed E-state index contributed by atoms with van der Waals surface area (Å²) in [5.74, 6) is -0.405. The van der Waals surface area contributed by atoms with Gasteiger partial charge in [-0.1, -0.05) is 66.2 Å². The first-order chi connectivity index (χ1) is 18.5. The number of tetrazole rings is 1. The molecule has 0 radical (unpaired) electrons. The number of benzene rings is 3. The van der Waals surface area contributed by atoms with Crippen molar-refractivity contribution < 1.29 is 21.6 Å². The molecule has 39 heavy (non-hydrogen) atoms. The molecule has 2 heterocycles. The minimum atomic E-state index is -4.85. The number of aromatic nitrogens is 4. The lowest BCUT2D eigenvalue weighted by Gasteiger charge is -2.16. The van der Waals surface area contributed by atoms with E-state index in [2.05, 4.69) is 30.1 Å². The standard InChI is InChI=1S/C24H18ClF3N8O2S/c25-20-11-10-17(12-19(20)24(26,27)28)39(37,38)33-23(29)36-13-18(14-4-2-1-3-5-14)21(32-36)15-6-8-16(9-7-15)22-30-34-35-31-22/h1-12,18H,13H2,(H2,29,33)(H,30,31,34,35). The van der Waals surface area contributed by atoms with E-state index in [1.54, 1.807) is 24.3 Å². The third-order valence-corrected chi connectivity index (χ3v) is 7.53. The largest absolute Gasteiger partial charge is 0.417 e. The van der Waals surface area contributed by atoms with Gasteiger partial charge < -0.3 is 5.73 Å². The van der Waals surface area contributed by atoms with Gasteiger partial charge >= 0.3 is 6.18 Å². The van der Waals surface area contributed by atoms with Crippen LogP contribution in [0.15, 0.2) is 87.2 Å². The van der Waals surface area contributed by atoms with Crippen molar-refractivity contribution in [3.05, 3.63) is 94.5 Å². The highest BCUT2D eigenvalue weighted by atomic mass is 35.5. The Morgan fingerprint density at radius 2 is 1.74 bits per heavy atom. The topological polar surface area (TPSA) is 143 Å². The minimum absolute atomic E-state index is 0.144. The maximum Gasteiger partial charge on any atom is 0.417 e. The summed E-state index contributed by atoms with van der Waals surface area (Å²) in [6.45, 7) is 0.144. The number of hydrogen-bond donors (Lipinski definition) is 2. The average Bonchev–Trinajstić information content (AvgIpc) is 3.60. The Morgan fingerprint density at radius 3 is 2.38 bits per heavy atom. The Hall–Kier alpha value is -4.30. The van der Waals surface area contributed by atoms with E-state index in [9.17, 15) is 21.6 Å². The van der Waals surface area contributed by atoms with Gasteiger partial charge in [-0.05, 0) is 34.5 Å². The van der Waals surface area contributed by atoms with Crippen LogP contribution in [0.5, 0.6) is 0 Å². The molecular formula is C24H18ClF3N8O2S. The van der Waals surface area contributed by atoms with Crippen LogP contribution in [0.25, 0.3) is 11.4 Å². The second kappa shape index (κ2) is 10.1. The van der Waals surface area contributed by atoms with Gasteiger partial charge in [0, 0.05) is 11.5 Å². The molecule has 1 aliphatic rings. The van der Waals surface area contributed by atoms with E-state index in [1.807, 2.05) is 30.3 Å². The zero-order chi connectivity index (χ0) is 27.8. The molecule has 1 aromatic heterocycles. The quantitative estimate of drug-likeness (QED) is 0.270. The minimum Gasteiger partial charge on any atom is -0.367 e. The lowest BCUT2D eigenvalue weighted by Crippen LogP contribution is -2.33. The van der Waals surface area contributed by atoms with Crippen LogP contribution in [0.2, 0.25) is 5.02 Å². The zero-order valence-corrected chi connectivity index (χ0v) is 21.3. The molecule has 10 nitrogen and oxygen atoms in total. The van der Waals surface area contributed by atoms with Crippen molar-refractivity contribution in [2.75, 3.05) is 6.54 Å². The molecule has 0 fully saturated rings. The van der Waals surface area contributed by atoms with E-state index < -0.39 is 37.6 Å². The smallest absolute Gasteiger partial charge is 0.367 e. The van der Waals surface area contributed by atoms with Gasteiger partial charge in [0.25, 0.3) is 10.0 Å². The fourth-order valence-corrected chi connectivity index (χ4v) is 5.21. The monoisotopic (exact) mass is 574 g/mol. The molecule has 15 heteroatoms. The van der Waals surface area contributed by atoms with Crippen molar-refractivity contribution in [2.45, 2.75) is 17.0 Å². The number of halogens is 4. The normalized spacial score (nSPS) is 16.4. The number of aromatic amines is 1. The molecule has 0 bridgehead atoms. The highest BCUT2D eigenvalue weighted by Crippen LogP contribution is 2.36. The van der Waals surface area contributed by atoms with Crippen LogP contribution < -0.4 is 5.73 Å². The lowest BCUT2D eigenvalue weighted by atomic mass is 9.90. The SMILES string of the molecule is N/C(=N/S(=O)(=O)c1ccc(Cl)c(C(F)(F)F)c1)N1CC(c2ccccc2)C(c2ccc(-c3nn[nH]n3)cc2)=N1. The van der Waals surface area contributed by atoms with Gasteiger partial charge in [-0.15, -0.1) is 14.6 Å². The fraction of sp³-hybridized carbons (Fsp3) is 0.125. The van der Waals surface area contributed by atoms with Crippen molar-refractivity contribution in [3.63, 3.8) is 0 Å². The Morgan fingerprint density at radius 1 is 1.05 bits per heavy atom. The van der Waals surface area contributed by atoms with Crippen molar-refractivity contribution >= 4 is 33.3 Å². The molecular weight excluding hydrogens is 557 g/mol. The number of nitrogens with two attached hydrogens (primary N) is 1. The van der Waals surface area contributed by atoms with Crippen LogP contribution in [0.4, 0.5) is 13.2 Å². The molecule has 0 saturated carbocycles. The van der Waals surface area contributed by atoms with Crippen LogP contribution in [0.1, 0.15) is 22.6 Å². The van der Waals surface area contributed by atoms with E-state index in [0.717, 1.165) is 23.3 Å². The summed E-state index contributed by atoms with van der Waals surface area (Å²) in [4.78, 5) is -0.706. The van der Waals surface area contributed by atoms with Gasteiger partial charge in [0.15, 0.2) is 0 Å². The van der Waals surface area contributed by atoms with Crippen LogP contribution in [0.3, 0.4) is 0 Å². The van der Waals surface area contributed by atoms with Crippen LogP contribution >= 0.6 is 11.6 Å². The molecule has 1 atom stereocenters. The molecule has 4 aromatic rings. The molecule has 5 rings (SSSR count). The summed E-state index contributed by atoms with van der Waals surface area (Å²) in [5, 5.41) is 18.9. The highest BCUT2D eigenvalue weighted by molar-refractivity contribution is 7.90. The summed E-state index contributed by atoms with van der Waals surface area (Å²) in [6.07, 6.45) is -4.85. The Balaban J connectivity index is 1.49. The van der Waals surface area contributed by atoms with E-state index >= 15 is 0 Å². The second-order valence-corrected chi connectivity index (χ2v) is 10.4. The van der Waals surface area contributed by atoms with Gasteiger partial charge in [-0.2, -0.15) is 31.9 Å². The van der Waals surface area contributed by atoms with E-state index in [1.165, 1.54) is 5.01 Å². The van der Waals surface area contributed by atoms with E-state index in [-0.39, 0.29) is 12.5 Å². The maximum atomic E-state index is 13.3. The third-order valence-electron chi connectivity index (χ3n) is 5.92. The van der Waals surface area contributed by atoms with Gasteiger partial charge in [0.2, 0.25) is 11.8 Å². The van der Waals surface area contributed by atoms with Crippen LogP contribution in [-0.2, 0) is 16.2 Å².